The normalized spacial score (nSPS) is 31.3. The molecule has 2 heterocycles. The number of hydrogen-bond donors (Lipinski definition) is 1. The first-order valence-corrected chi connectivity index (χ1v) is 7.80. The summed E-state index contributed by atoms with van der Waals surface area (Å²) in [6, 6.07) is -0.0628. The Balaban J connectivity index is 1.88. The molecule has 1 amide bonds. The Morgan fingerprint density at radius 3 is 2.30 bits per heavy atom. The molecular weight excluding hydrogens is 256 g/mol. The molecule has 0 saturated carbocycles. The van der Waals surface area contributed by atoms with Gasteiger partial charge in [-0.15, -0.1) is 0 Å². The number of carbonyl (C=O) groups excluding carboxylic acids is 1. The molecule has 2 rings (SSSR count). The summed E-state index contributed by atoms with van der Waals surface area (Å²) in [4.78, 5) is 16.8. The average Bonchev–Trinajstić information content (AvgIpc) is 2.45. The SMILES string of the molecule is C[C@@H]1CN(C(=O)[C@H](C)N2CCC(CO)CC2)C[C@@H](C)O1. The molecule has 0 bridgehead atoms. The first-order valence-electron chi connectivity index (χ1n) is 7.80. The van der Waals surface area contributed by atoms with Gasteiger partial charge in [-0.2, -0.15) is 0 Å². The van der Waals surface area contributed by atoms with Crippen LogP contribution in [-0.4, -0.2) is 71.8 Å². The zero-order valence-electron chi connectivity index (χ0n) is 12.9. The highest BCUT2D eigenvalue weighted by Crippen LogP contribution is 2.20. The lowest BCUT2D eigenvalue weighted by Crippen LogP contribution is -2.55. The van der Waals surface area contributed by atoms with Crippen molar-refractivity contribution in [3.05, 3.63) is 0 Å². The van der Waals surface area contributed by atoms with E-state index in [9.17, 15) is 9.90 Å². The molecule has 2 saturated heterocycles. The van der Waals surface area contributed by atoms with Crippen molar-refractivity contribution in [3.8, 4) is 0 Å². The van der Waals surface area contributed by atoms with Crippen LogP contribution in [0.25, 0.3) is 0 Å². The van der Waals surface area contributed by atoms with E-state index in [1.54, 1.807) is 0 Å². The van der Waals surface area contributed by atoms with Gasteiger partial charge in [0.25, 0.3) is 0 Å². The molecule has 0 aromatic heterocycles. The lowest BCUT2D eigenvalue weighted by atomic mass is 9.96. The van der Waals surface area contributed by atoms with Crippen molar-refractivity contribution >= 4 is 5.91 Å². The van der Waals surface area contributed by atoms with Crippen LogP contribution in [0.1, 0.15) is 33.6 Å². The van der Waals surface area contributed by atoms with E-state index >= 15 is 0 Å². The molecule has 1 N–H and O–H groups in total. The zero-order valence-corrected chi connectivity index (χ0v) is 12.9. The number of likely N-dealkylation sites (tertiary alicyclic amines) is 1. The van der Waals surface area contributed by atoms with Crippen LogP contribution in [0, 0.1) is 5.92 Å². The number of morpholine rings is 1. The number of nitrogens with zero attached hydrogens (tertiary/aromatic N) is 2. The second-order valence-electron chi connectivity index (χ2n) is 6.34. The number of amides is 1. The van der Waals surface area contributed by atoms with E-state index in [-0.39, 0.29) is 30.8 Å². The summed E-state index contributed by atoms with van der Waals surface area (Å²) < 4.78 is 5.69. The predicted molar refractivity (Wildman–Crippen MR) is 77.4 cm³/mol. The molecule has 5 heteroatoms. The molecule has 116 valence electrons. The molecule has 3 atom stereocenters. The van der Waals surface area contributed by atoms with Crippen LogP contribution < -0.4 is 0 Å². The van der Waals surface area contributed by atoms with E-state index in [0.29, 0.717) is 19.0 Å². The van der Waals surface area contributed by atoms with E-state index in [1.165, 1.54) is 0 Å². The molecule has 5 nitrogen and oxygen atoms in total. The largest absolute Gasteiger partial charge is 0.396 e. The summed E-state index contributed by atoms with van der Waals surface area (Å²) in [7, 11) is 0. The van der Waals surface area contributed by atoms with E-state index in [0.717, 1.165) is 25.9 Å². The first-order chi connectivity index (χ1) is 9.51. The first kappa shape index (κ1) is 15.7. The highest BCUT2D eigenvalue weighted by Gasteiger charge is 2.32. The predicted octanol–water partition coefficient (Wildman–Crippen LogP) is 0.715. The van der Waals surface area contributed by atoms with Gasteiger partial charge in [0, 0.05) is 19.7 Å². The van der Waals surface area contributed by atoms with Crippen molar-refractivity contribution in [1.82, 2.24) is 9.80 Å². The van der Waals surface area contributed by atoms with Gasteiger partial charge >= 0.3 is 0 Å². The van der Waals surface area contributed by atoms with Crippen molar-refractivity contribution in [1.29, 1.82) is 0 Å². The third-order valence-corrected chi connectivity index (χ3v) is 4.54. The lowest BCUT2D eigenvalue weighted by Gasteiger charge is -2.40. The standard InChI is InChI=1S/C15H28N2O3/c1-11-8-17(9-12(2)20-11)15(19)13(3)16-6-4-14(10-18)5-7-16/h11-14,18H,4-10H2,1-3H3/t11-,12-,13+/m1/s1. The number of aliphatic hydroxyl groups is 1. The molecule has 0 radical (unpaired) electrons. The van der Waals surface area contributed by atoms with Crippen LogP contribution in [0.4, 0.5) is 0 Å². The summed E-state index contributed by atoms with van der Waals surface area (Å²) >= 11 is 0. The minimum Gasteiger partial charge on any atom is -0.396 e. The highest BCUT2D eigenvalue weighted by molar-refractivity contribution is 5.81. The van der Waals surface area contributed by atoms with Crippen molar-refractivity contribution in [2.45, 2.75) is 51.9 Å². The Bertz CT molecular complexity index is 319. The minimum atomic E-state index is -0.0628. The number of carbonyl (C=O) groups is 1. The molecular formula is C15H28N2O3. The van der Waals surface area contributed by atoms with Gasteiger partial charge in [0.2, 0.25) is 5.91 Å². The van der Waals surface area contributed by atoms with E-state index in [4.69, 9.17) is 4.74 Å². The quantitative estimate of drug-likeness (QED) is 0.829. The molecule has 2 fully saturated rings. The van der Waals surface area contributed by atoms with Crippen molar-refractivity contribution in [2.75, 3.05) is 32.8 Å². The molecule has 0 aromatic carbocycles. The number of ether oxygens (including phenoxy) is 1. The third kappa shape index (κ3) is 3.71. The van der Waals surface area contributed by atoms with Crippen LogP contribution in [0.3, 0.4) is 0 Å². The van der Waals surface area contributed by atoms with Gasteiger partial charge in [-0.1, -0.05) is 0 Å². The van der Waals surface area contributed by atoms with Gasteiger partial charge in [0.1, 0.15) is 0 Å². The number of hydrogen-bond acceptors (Lipinski definition) is 4. The molecule has 0 aromatic rings. The van der Waals surface area contributed by atoms with Crippen LogP contribution in [0.15, 0.2) is 0 Å². The fourth-order valence-corrected chi connectivity index (χ4v) is 3.30. The van der Waals surface area contributed by atoms with Crippen molar-refractivity contribution < 1.29 is 14.6 Å². The van der Waals surface area contributed by atoms with Gasteiger partial charge in [-0.25, -0.2) is 0 Å². The van der Waals surface area contributed by atoms with Gasteiger partial charge in [0.05, 0.1) is 18.2 Å². The Morgan fingerprint density at radius 2 is 1.80 bits per heavy atom. The van der Waals surface area contributed by atoms with Crippen molar-refractivity contribution in [3.63, 3.8) is 0 Å². The Morgan fingerprint density at radius 1 is 1.25 bits per heavy atom. The second-order valence-corrected chi connectivity index (χ2v) is 6.34. The molecule has 0 unspecified atom stereocenters. The summed E-state index contributed by atoms with van der Waals surface area (Å²) in [6.45, 7) is 9.53. The Kier molecular flexibility index (Phi) is 5.41. The van der Waals surface area contributed by atoms with E-state index in [1.807, 2.05) is 25.7 Å². The molecule has 2 aliphatic rings. The minimum absolute atomic E-state index is 0.0628. The maximum absolute atomic E-state index is 12.6. The highest BCUT2D eigenvalue weighted by atomic mass is 16.5. The van der Waals surface area contributed by atoms with Gasteiger partial charge in [0.15, 0.2) is 0 Å². The topological polar surface area (TPSA) is 53.0 Å². The number of rotatable bonds is 3. The molecule has 20 heavy (non-hydrogen) atoms. The fourth-order valence-electron chi connectivity index (χ4n) is 3.30. The van der Waals surface area contributed by atoms with Crippen LogP contribution in [0.2, 0.25) is 0 Å². The van der Waals surface area contributed by atoms with Crippen molar-refractivity contribution in [2.24, 2.45) is 5.92 Å². The van der Waals surface area contributed by atoms with Crippen LogP contribution in [0.5, 0.6) is 0 Å². The summed E-state index contributed by atoms with van der Waals surface area (Å²) in [5, 5.41) is 9.18. The summed E-state index contributed by atoms with van der Waals surface area (Å²) in [5.74, 6) is 0.631. The fraction of sp³-hybridized carbons (Fsp3) is 0.933. The van der Waals surface area contributed by atoms with Gasteiger partial charge in [-0.05, 0) is 52.6 Å². The summed E-state index contributed by atoms with van der Waals surface area (Å²) in [6.07, 6.45) is 2.22. The summed E-state index contributed by atoms with van der Waals surface area (Å²) in [5.41, 5.74) is 0. The van der Waals surface area contributed by atoms with Crippen LogP contribution in [-0.2, 0) is 9.53 Å². The van der Waals surface area contributed by atoms with Crippen LogP contribution >= 0.6 is 0 Å². The lowest BCUT2D eigenvalue weighted by molar-refractivity contribution is -0.148. The monoisotopic (exact) mass is 284 g/mol. The molecule has 0 spiro atoms. The third-order valence-electron chi connectivity index (χ3n) is 4.54. The second kappa shape index (κ2) is 6.87. The maximum atomic E-state index is 12.6. The van der Waals surface area contributed by atoms with E-state index in [2.05, 4.69) is 4.90 Å². The van der Waals surface area contributed by atoms with E-state index < -0.39 is 0 Å². The van der Waals surface area contributed by atoms with Gasteiger partial charge < -0.3 is 14.7 Å². The maximum Gasteiger partial charge on any atom is 0.239 e. The molecule has 0 aliphatic carbocycles. The number of aliphatic hydroxyl groups excluding tert-OH is 1. The zero-order chi connectivity index (χ0) is 14.7. The Hall–Kier alpha value is -0.650. The smallest absolute Gasteiger partial charge is 0.239 e. The Labute approximate surface area is 121 Å². The average molecular weight is 284 g/mol. The molecule has 2 aliphatic heterocycles. The van der Waals surface area contributed by atoms with Gasteiger partial charge in [-0.3, -0.25) is 9.69 Å². The number of piperidine rings is 1.